The lowest BCUT2D eigenvalue weighted by molar-refractivity contribution is 0.676. The van der Waals surface area contributed by atoms with E-state index in [0.717, 1.165) is 16.4 Å². The first-order valence-electron chi connectivity index (χ1n) is 5.58. The molecule has 1 aromatic heterocycles. The van der Waals surface area contributed by atoms with Crippen molar-refractivity contribution < 1.29 is 0 Å². The number of hydrogen-bond donors (Lipinski definition) is 1. The van der Waals surface area contributed by atoms with Crippen LogP contribution in [0.5, 0.6) is 0 Å². The molecule has 0 saturated heterocycles. The maximum atomic E-state index is 6.16. The van der Waals surface area contributed by atoms with E-state index in [4.69, 9.17) is 11.6 Å². The van der Waals surface area contributed by atoms with Crippen molar-refractivity contribution in [1.29, 1.82) is 0 Å². The molecule has 2 rings (SSSR count). The van der Waals surface area contributed by atoms with Gasteiger partial charge in [0.1, 0.15) is 0 Å². The van der Waals surface area contributed by atoms with E-state index in [9.17, 15) is 0 Å². The second-order valence-corrected chi connectivity index (χ2v) is 4.64. The highest BCUT2D eigenvalue weighted by Crippen LogP contribution is 2.26. The van der Waals surface area contributed by atoms with Gasteiger partial charge < -0.3 is 5.32 Å². The molecule has 1 heterocycles. The first-order chi connectivity index (χ1) is 8.08. The fourth-order valence-electron chi connectivity index (χ4n) is 1.87. The molecule has 2 aromatic rings. The predicted molar refractivity (Wildman–Crippen MR) is 71.4 cm³/mol. The summed E-state index contributed by atoms with van der Waals surface area (Å²) >= 11 is 6.16. The first-order valence-corrected chi connectivity index (χ1v) is 5.96. The molecule has 1 aromatic carbocycles. The van der Waals surface area contributed by atoms with Crippen LogP contribution in [0.2, 0.25) is 5.02 Å². The molecular weight excluding hydrogens is 234 g/mol. The number of benzene rings is 1. The van der Waals surface area contributed by atoms with Crippen molar-refractivity contribution in [2.45, 2.75) is 19.9 Å². The molecule has 0 amide bonds. The van der Waals surface area contributed by atoms with Crippen LogP contribution >= 0.6 is 11.6 Å². The molecule has 0 saturated carbocycles. The Morgan fingerprint density at radius 1 is 1.35 bits per heavy atom. The van der Waals surface area contributed by atoms with Crippen LogP contribution < -0.4 is 5.32 Å². The second kappa shape index (κ2) is 4.80. The van der Waals surface area contributed by atoms with Gasteiger partial charge in [0.15, 0.2) is 0 Å². The van der Waals surface area contributed by atoms with E-state index in [-0.39, 0.29) is 6.04 Å². The second-order valence-electron chi connectivity index (χ2n) is 4.23. The average Bonchev–Trinajstić information content (AvgIpc) is 2.70. The summed E-state index contributed by atoms with van der Waals surface area (Å²) in [5, 5.41) is 8.30. The van der Waals surface area contributed by atoms with Gasteiger partial charge in [-0.15, -0.1) is 0 Å². The lowest BCUT2D eigenvalue weighted by Gasteiger charge is -2.17. The molecule has 4 heteroatoms. The summed E-state index contributed by atoms with van der Waals surface area (Å²) < 4.78 is 1.86. The minimum absolute atomic E-state index is 0.168. The third kappa shape index (κ3) is 2.61. The average molecular weight is 250 g/mol. The van der Waals surface area contributed by atoms with Gasteiger partial charge in [-0.25, -0.2) is 0 Å². The Morgan fingerprint density at radius 2 is 2.12 bits per heavy atom. The van der Waals surface area contributed by atoms with Gasteiger partial charge in [-0.3, -0.25) is 4.68 Å². The Kier molecular flexibility index (Phi) is 3.38. The highest BCUT2D eigenvalue weighted by atomic mass is 35.5. The number of nitrogens with zero attached hydrogens (tertiary/aromatic N) is 2. The minimum Gasteiger partial charge on any atom is -0.376 e. The van der Waals surface area contributed by atoms with Crippen molar-refractivity contribution in [3.8, 4) is 0 Å². The Morgan fingerprint density at radius 3 is 2.76 bits per heavy atom. The number of aromatic nitrogens is 2. The molecule has 1 N–H and O–H groups in total. The standard InChI is InChI=1S/C13H16ClN3/c1-9-4-5-11(14)12(8-9)16-10(2)13-6-7-15-17(13)3/h4-8,10,16H,1-3H3. The zero-order valence-electron chi connectivity index (χ0n) is 10.2. The van der Waals surface area contributed by atoms with Crippen molar-refractivity contribution in [2.24, 2.45) is 7.05 Å². The zero-order chi connectivity index (χ0) is 12.4. The summed E-state index contributed by atoms with van der Waals surface area (Å²) in [7, 11) is 1.94. The maximum absolute atomic E-state index is 6.16. The number of aryl methyl sites for hydroxylation is 2. The fraction of sp³-hybridized carbons (Fsp3) is 0.308. The molecule has 17 heavy (non-hydrogen) atoms. The molecule has 90 valence electrons. The van der Waals surface area contributed by atoms with Crippen molar-refractivity contribution in [1.82, 2.24) is 9.78 Å². The third-order valence-electron chi connectivity index (χ3n) is 2.80. The van der Waals surface area contributed by atoms with Crippen LogP contribution in [0.25, 0.3) is 0 Å². The SMILES string of the molecule is Cc1ccc(Cl)c(NC(C)c2ccnn2C)c1. The summed E-state index contributed by atoms with van der Waals surface area (Å²) in [6.45, 7) is 4.14. The number of nitrogens with one attached hydrogen (secondary N) is 1. The van der Waals surface area contributed by atoms with Crippen molar-refractivity contribution in [3.05, 3.63) is 46.7 Å². The largest absolute Gasteiger partial charge is 0.376 e. The van der Waals surface area contributed by atoms with E-state index >= 15 is 0 Å². The van der Waals surface area contributed by atoms with Crippen molar-refractivity contribution >= 4 is 17.3 Å². The van der Waals surface area contributed by atoms with Gasteiger partial charge in [0.2, 0.25) is 0 Å². The van der Waals surface area contributed by atoms with Gasteiger partial charge in [0.05, 0.1) is 22.4 Å². The first kappa shape index (κ1) is 12.0. The molecule has 0 bridgehead atoms. The van der Waals surface area contributed by atoms with Crippen LogP contribution in [0.15, 0.2) is 30.5 Å². The Bertz CT molecular complexity index is 519. The number of anilines is 1. The van der Waals surface area contributed by atoms with Crippen LogP contribution in [0.4, 0.5) is 5.69 Å². The van der Waals surface area contributed by atoms with E-state index < -0.39 is 0 Å². The Balaban J connectivity index is 2.21. The van der Waals surface area contributed by atoms with E-state index in [1.807, 2.05) is 29.9 Å². The van der Waals surface area contributed by atoms with Crippen LogP contribution in [0.3, 0.4) is 0 Å². The summed E-state index contributed by atoms with van der Waals surface area (Å²) in [5.74, 6) is 0. The smallest absolute Gasteiger partial charge is 0.0654 e. The molecular formula is C13H16ClN3. The molecule has 0 aliphatic carbocycles. The minimum atomic E-state index is 0.168. The molecule has 3 nitrogen and oxygen atoms in total. The van der Waals surface area contributed by atoms with E-state index in [2.05, 4.69) is 30.3 Å². The Hall–Kier alpha value is -1.48. The van der Waals surface area contributed by atoms with Crippen LogP contribution in [-0.2, 0) is 7.05 Å². The quantitative estimate of drug-likeness (QED) is 0.902. The van der Waals surface area contributed by atoms with E-state index in [1.54, 1.807) is 6.20 Å². The van der Waals surface area contributed by atoms with E-state index in [1.165, 1.54) is 5.56 Å². The molecule has 0 spiro atoms. The lowest BCUT2D eigenvalue weighted by atomic mass is 10.2. The number of hydrogen-bond acceptors (Lipinski definition) is 2. The van der Waals surface area contributed by atoms with Gasteiger partial charge in [-0.2, -0.15) is 5.10 Å². The van der Waals surface area contributed by atoms with Gasteiger partial charge in [-0.05, 0) is 37.6 Å². The van der Waals surface area contributed by atoms with Crippen LogP contribution in [-0.4, -0.2) is 9.78 Å². The molecule has 1 unspecified atom stereocenters. The fourth-order valence-corrected chi connectivity index (χ4v) is 2.04. The highest BCUT2D eigenvalue weighted by Gasteiger charge is 2.10. The number of rotatable bonds is 3. The summed E-state index contributed by atoms with van der Waals surface area (Å²) in [6, 6.07) is 8.13. The normalized spacial score (nSPS) is 12.5. The molecule has 0 radical (unpaired) electrons. The van der Waals surface area contributed by atoms with Crippen LogP contribution in [0.1, 0.15) is 24.2 Å². The lowest BCUT2D eigenvalue weighted by Crippen LogP contribution is -2.11. The Labute approximate surface area is 106 Å². The van der Waals surface area contributed by atoms with E-state index in [0.29, 0.717) is 0 Å². The van der Waals surface area contributed by atoms with Crippen LogP contribution in [0, 0.1) is 6.92 Å². The number of halogens is 1. The van der Waals surface area contributed by atoms with Gasteiger partial charge in [0, 0.05) is 13.2 Å². The highest BCUT2D eigenvalue weighted by molar-refractivity contribution is 6.33. The summed E-state index contributed by atoms with van der Waals surface area (Å²) in [5.41, 5.74) is 3.28. The zero-order valence-corrected chi connectivity index (χ0v) is 11.0. The van der Waals surface area contributed by atoms with Gasteiger partial charge >= 0.3 is 0 Å². The molecule has 0 fully saturated rings. The summed E-state index contributed by atoms with van der Waals surface area (Å²) in [4.78, 5) is 0. The predicted octanol–water partition coefficient (Wildman–Crippen LogP) is 3.56. The maximum Gasteiger partial charge on any atom is 0.0654 e. The summed E-state index contributed by atoms with van der Waals surface area (Å²) in [6.07, 6.45) is 1.80. The van der Waals surface area contributed by atoms with Crippen molar-refractivity contribution in [2.75, 3.05) is 5.32 Å². The monoisotopic (exact) mass is 249 g/mol. The van der Waals surface area contributed by atoms with Gasteiger partial charge in [-0.1, -0.05) is 17.7 Å². The third-order valence-corrected chi connectivity index (χ3v) is 3.13. The topological polar surface area (TPSA) is 29.9 Å². The van der Waals surface area contributed by atoms with Crippen molar-refractivity contribution in [3.63, 3.8) is 0 Å². The van der Waals surface area contributed by atoms with Gasteiger partial charge in [0.25, 0.3) is 0 Å². The molecule has 0 aliphatic rings. The molecule has 1 atom stereocenters. The molecule has 0 aliphatic heterocycles.